The van der Waals surface area contributed by atoms with E-state index in [0.717, 1.165) is 11.4 Å². The minimum Gasteiger partial charge on any atom is -0.378 e. The van der Waals surface area contributed by atoms with Crippen LogP contribution < -0.4 is 0 Å². The van der Waals surface area contributed by atoms with Gasteiger partial charge in [-0.1, -0.05) is 12.1 Å². The lowest BCUT2D eigenvalue weighted by atomic mass is 10.1. The van der Waals surface area contributed by atoms with Gasteiger partial charge in [0.2, 0.25) is 5.78 Å². The van der Waals surface area contributed by atoms with Crippen LogP contribution in [0.15, 0.2) is 36.4 Å². The lowest BCUT2D eigenvalue weighted by Gasteiger charge is -2.09. The molecule has 2 heterocycles. The fraction of sp³-hybridized carbons (Fsp3) is 0.214. The first-order valence-electron chi connectivity index (χ1n) is 5.67. The van der Waals surface area contributed by atoms with Gasteiger partial charge in [0.05, 0.1) is 5.69 Å². The molecule has 0 saturated carbocycles. The number of hydrogen-bond donors (Lipinski definition) is 1. The summed E-state index contributed by atoms with van der Waals surface area (Å²) >= 11 is 0. The van der Waals surface area contributed by atoms with Gasteiger partial charge in [-0.25, -0.2) is 4.98 Å². The Morgan fingerprint density at radius 3 is 2.28 bits per heavy atom. The molecule has 0 aliphatic carbocycles. The van der Waals surface area contributed by atoms with Gasteiger partial charge < -0.3 is 5.11 Å². The van der Waals surface area contributed by atoms with Crippen LogP contribution in [0.3, 0.4) is 0 Å². The SMILES string of the molecule is Cc1cccc(C(=O)[C@H](O)c2cccc(C)n2)n1. The summed E-state index contributed by atoms with van der Waals surface area (Å²) in [5, 5.41) is 10.0. The van der Waals surface area contributed by atoms with E-state index in [1.54, 1.807) is 37.3 Å². The minimum absolute atomic E-state index is 0.255. The van der Waals surface area contributed by atoms with Crippen LogP contribution in [0, 0.1) is 13.8 Å². The van der Waals surface area contributed by atoms with Gasteiger partial charge >= 0.3 is 0 Å². The molecule has 2 aromatic heterocycles. The summed E-state index contributed by atoms with van der Waals surface area (Å²) in [6, 6.07) is 10.3. The molecule has 0 aromatic carbocycles. The molecule has 0 saturated heterocycles. The first-order valence-corrected chi connectivity index (χ1v) is 5.67. The van der Waals surface area contributed by atoms with E-state index < -0.39 is 11.9 Å². The Labute approximate surface area is 105 Å². The van der Waals surface area contributed by atoms with Crippen molar-refractivity contribution in [1.29, 1.82) is 0 Å². The average molecular weight is 242 g/mol. The molecule has 0 radical (unpaired) electrons. The molecule has 4 heteroatoms. The number of carbonyl (C=O) groups excluding carboxylic acids is 1. The van der Waals surface area contributed by atoms with Crippen molar-refractivity contribution in [2.75, 3.05) is 0 Å². The number of aromatic nitrogens is 2. The molecule has 92 valence electrons. The summed E-state index contributed by atoms with van der Waals surface area (Å²) in [6.45, 7) is 3.61. The lowest BCUT2D eigenvalue weighted by molar-refractivity contribution is 0.0734. The van der Waals surface area contributed by atoms with Gasteiger partial charge in [-0.2, -0.15) is 0 Å². The number of aliphatic hydroxyl groups excluding tert-OH is 1. The molecule has 0 bridgehead atoms. The van der Waals surface area contributed by atoms with Crippen molar-refractivity contribution >= 4 is 5.78 Å². The molecule has 2 aromatic rings. The van der Waals surface area contributed by atoms with Crippen LogP contribution in [0.4, 0.5) is 0 Å². The molecule has 0 aliphatic rings. The van der Waals surface area contributed by atoms with Gasteiger partial charge in [0.15, 0.2) is 6.10 Å². The van der Waals surface area contributed by atoms with Crippen LogP contribution in [0.25, 0.3) is 0 Å². The second-order valence-corrected chi connectivity index (χ2v) is 4.13. The maximum absolute atomic E-state index is 12.1. The largest absolute Gasteiger partial charge is 0.378 e. The number of carbonyl (C=O) groups is 1. The number of Topliss-reactive ketones (excluding diaryl/α,β-unsaturated/α-hetero) is 1. The highest BCUT2D eigenvalue weighted by molar-refractivity contribution is 5.97. The Kier molecular flexibility index (Phi) is 3.48. The standard InChI is InChI=1S/C14H14N2O2/c1-9-5-3-7-11(15-9)13(17)14(18)12-8-4-6-10(2)16-12/h3-8,13,17H,1-2H3/t13-/m1/s1. The minimum atomic E-state index is -1.26. The van der Waals surface area contributed by atoms with Crippen molar-refractivity contribution in [3.8, 4) is 0 Å². The number of nitrogens with zero attached hydrogens (tertiary/aromatic N) is 2. The second-order valence-electron chi connectivity index (χ2n) is 4.13. The quantitative estimate of drug-likeness (QED) is 0.836. The van der Waals surface area contributed by atoms with E-state index in [9.17, 15) is 9.90 Å². The predicted octanol–water partition coefficient (Wildman–Crippen LogP) is 2.01. The van der Waals surface area contributed by atoms with Crippen molar-refractivity contribution in [3.63, 3.8) is 0 Å². The van der Waals surface area contributed by atoms with Gasteiger partial charge in [-0.05, 0) is 38.1 Å². The van der Waals surface area contributed by atoms with Gasteiger partial charge in [0, 0.05) is 11.4 Å². The van der Waals surface area contributed by atoms with E-state index in [1.807, 2.05) is 13.0 Å². The molecule has 0 aliphatic heterocycles. The fourth-order valence-electron chi connectivity index (χ4n) is 1.67. The number of rotatable bonds is 3. The third-order valence-corrected chi connectivity index (χ3v) is 2.58. The van der Waals surface area contributed by atoms with Crippen LogP contribution in [-0.4, -0.2) is 20.9 Å². The summed E-state index contributed by atoms with van der Waals surface area (Å²) in [5.41, 5.74) is 2.11. The summed E-state index contributed by atoms with van der Waals surface area (Å²) < 4.78 is 0. The molecule has 0 spiro atoms. The number of aliphatic hydroxyl groups is 1. The highest BCUT2D eigenvalue weighted by Crippen LogP contribution is 2.16. The van der Waals surface area contributed by atoms with E-state index in [1.165, 1.54) is 0 Å². The van der Waals surface area contributed by atoms with Crippen LogP contribution in [0.5, 0.6) is 0 Å². The summed E-state index contributed by atoms with van der Waals surface area (Å²) in [5.74, 6) is -0.434. The van der Waals surface area contributed by atoms with E-state index >= 15 is 0 Å². The van der Waals surface area contributed by atoms with Crippen molar-refractivity contribution in [1.82, 2.24) is 9.97 Å². The number of ketones is 1. The van der Waals surface area contributed by atoms with Gasteiger partial charge in [-0.3, -0.25) is 9.78 Å². The Morgan fingerprint density at radius 1 is 1.06 bits per heavy atom. The van der Waals surface area contributed by atoms with Crippen molar-refractivity contribution in [2.45, 2.75) is 20.0 Å². The van der Waals surface area contributed by atoms with Gasteiger partial charge in [0.1, 0.15) is 5.69 Å². The normalized spacial score (nSPS) is 12.2. The van der Waals surface area contributed by atoms with Crippen molar-refractivity contribution < 1.29 is 9.90 Å². The number of pyridine rings is 2. The molecular weight excluding hydrogens is 228 g/mol. The second kappa shape index (κ2) is 5.06. The molecular formula is C14H14N2O2. The van der Waals surface area contributed by atoms with Gasteiger partial charge in [-0.15, -0.1) is 0 Å². The molecule has 4 nitrogen and oxygen atoms in total. The zero-order valence-electron chi connectivity index (χ0n) is 10.3. The van der Waals surface area contributed by atoms with Gasteiger partial charge in [0.25, 0.3) is 0 Å². The average Bonchev–Trinajstić information content (AvgIpc) is 2.37. The summed E-state index contributed by atoms with van der Waals surface area (Å²) in [4.78, 5) is 20.3. The third kappa shape index (κ3) is 2.60. The van der Waals surface area contributed by atoms with Crippen molar-refractivity contribution in [2.24, 2.45) is 0 Å². The number of aryl methyl sites for hydroxylation is 2. The molecule has 1 atom stereocenters. The van der Waals surface area contributed by atoms with E-state index in [2.05, 4.69) is 9.97 Å². The molecule has 1 N–H and O–H groups in total. The first-order chi connectivity index (χ1) is 8.58. The Morgan fingerprint density at radius 2 is 1.67 bits per heavy atom. The fourth-order valence-corrected chi connectivity index (χ4v) is 1.67. The zero-order valence-corrected chi connectivity index (χ0v) is 10.3. The highest BCUT2D eigenvalue weighted by Gasteiger charge is 2.21. The number of hydrogen-bond acceptors (Lipinski definition) is 4. The predicted molar refractivity (Wildman–Crippen MR) is 67.2 cm³/mol. The molecule has 0 unspecified atom stereocenters. The molecule has 2 rings (SSSR count). The Bertz CT molecular complexity index is 582. The van der Waals surface area contributed by atoms with E-state index in [-0.39, 0.29) is 5.69 Å². The Hall–Kier alpha value is -2.07. The van der Waals surface area contributed by atoms with Crippen LogP contribution in [-0.2, 0) is 0 Å². The monoisotopic (exact) mass is 242 g/mol. The molecule has 0 amide bonds. The van der Waals surface area contributed by atoms with Crippen LogP contribution in [0.1, 0.15) is 33.7 Å². The van der Waals surface area contributed by atoms with Crippen LogP contribution >= 0.6 is 0 Å². The van der Waals surface area contributed by atoms with Crippen LogP contribution in [0.2, 0.25) is 0 Å². The topological polar surface area (TPSA) is 63.1 Å². The summed E-state index contributed by atoms with van der Waals surface area (Å²) in [7, 11) is 0. The summed E-state index contributed by atoms with van der Waals surface area (Å²) in [6.07, 6.45) is -1.26. The molecule has 18 heavy (non-hydrogen) atoms. The first kappa shape index (κ1) is 12.4. The maximum atomic E-state index is 12.1. The lowest BCUT2D eigenvalue weighted by Crippen LogP contribution is -2.15. The van der Waals surface area contributed by atoms with Crippen molar-refractivity contribution in [3.05, 3.63) is 59.2 Å². The highest BCUT2D eigenvalue weighted by atomic mass is 16.3. The van der Waals surface area contributed by atoms with E-state index in [4.69, 9.17) is 0 Å². The third-order valence-electron chi connectivity index (χ3n) is 2.58. The smallest absolute Gasteiger partial charge is 0.215 e. The van der Waals surface area contributed by atoms with E-state index in [0.29, 0.717) is 5.69 Å². The molecule has 0 fully saturated rings. The maximum Gasteiger partial charge on any atom is 0.215 e. The Balaban J connectivity index is 2.29. The zero-order chi connectivity index (χ0) is 13.1.